The minimum absolute atomic E-state index is 0.0565. The van der Waals surface area contributed by atoms with Gasteiger partial charge in [-0.15, -0.1) is 0 Å². The smallest absolute Gasteiger partial charge is 0.480 e. The number of aromatic nitrogens is 1. The Kier molecular flexibility index (Phi) is 12.2. The number of rotatable bonds is 10. The van der Waals surface area contributed by atoms with Gasteiger partial charge in [-0.1, -0.05) is 60.7 Å². The molecule has 0 unspecified atom stereocenters. The maximum absolute atomic E-state index is 13.4. The predicted molar refractivity (Wildman–Crippen MR) is 144 cm³/mol. The lowest BCUT2D eigenvalue weighted by atomic mass is 9.98. The number of aliphatic carboxylic acids is 2. The van der Waals surface area contributed by atoms with Crippen LogP contribution < -0.4 is 22.1 Å². The minimum Gasteiger partial charge on any atom is -0.480 e. The fraction of sp³-hybridized carbons (Fsp3) is 0.222. The molecule has 0 saturated heterocycles. The van der Waals surface area contributed by atoms with Crippen LogP contribution in [0.2, 0.25) is 0 Å². The number of halogens is 3. The van der Waals surface area contributed by atoms with Gasteiger partial charge in [0.1, 0.15) is 11.6 Å². The maximum Gasteiger partial charge on any atom is 0.490 e. The molecule has 3 rings (SSSR count). The fourth-order valence-electron chi connectivity index (χ4n) is 3.69. The van der Waals surface area contributed by atoms with Crippen molar-refractivity contribution in [3.05, 3.63) is 106 Å². The Balaban J connectivity index is 0.000000782. The first-order valence-electron chi connectivity index (χ1n) is 12.2. The van der Waals surface area contributed by atoms with E-state index in [1.54, 1.807) is 17.7 Å². The summed E-state index contributed by atoms with van der Waals surface area (Å²) in [6.07, 6.45) is -3.14. The van der Waals surface area contributed by atoms with Gasteiger partial charge in [0.05, 0.1) is 6.04 Å². The molecule has 12 nitrogen and oxygen atoms in total. The average Bonchev–Trinajstić information content (AvgIpc) is 2.96. The van der Waals surface area contributed by atoms with Crippen LogP contribution in [0.25, 0.3) is 0 Å². The van der Waals surface area contributed by atoms with Crippen molar-refractivity contribution in [3.63, 3.8) is 0 Å². The van der Waals surface area contributed by atoms with Gasteiger partial charge >= 0.3 is 18.1 Å². The van der Waals surface area contributed by atoms with E-state index in [-0.39, 0.29) is 30.9 Å². The standard InChI is InChI=1S/C25H27N5O5.C2HF3O2/c26-25(29-35)27-15-7-14-20(24(33)34)28-22(31)19-13-8-16-30(23(19)32)21(17-9-3-1-4-10-17)18-11-5-2-6-12-18;3-2(4,5)1(6)7/h1-6,8-13,16,20-21,35H,7,14-15H2,(H,28,31)(H,33,34)(H3,26,27,29);(H,6,7)/t20-;/m0./s1. The third-order valence-corrected chi connectivity index (χ3v) is 5.62. The second-order valence-corrected chi connectivity index (χ2v) is 8.55. The number of nitrogens with one attached hydrogen (secondary N) is 2. The number of alkyl halides is 3. The van der Waals surface area contributed by atoms with Gasteiger partial charge in [-0.05, 0) is 36.1 Å². The highest BCUT2D eigenvalue weighted by atomic mass is 19.4. The number of guanidine groups is 1. The third-order valence-electron chi connectivity index (χ3n) is 5.62. The summed E-state index contributed by atoms with van der Waals surface area (Å²) in [5, 5.41) is 27.7. The summed E-state index contributed by atoms with van der Waals surface area (Å²) >= 11 is 0. The van der Waals surface area contributed by atoms with Crippen molar-refractivity contribution >= 4 is 23.8 Å². The van der Waals surface area contributed by atoms with Crippen molar-refractivity contribution in [2.75, 3.05) is 6.54 Å². The van der Waals surface area contributed by atoms with Gasteiger partial charge in [0, 0.05) is 12.7 Å². The molecule has 3 aromatic rings. The molecule has 1 atom stereocenters. The molecule has 2 aromatic carbocycles. The number of carbonyl (C=O) groups is 3. The summed E-state index contributed by atoms with van der Waals surface area (Å²) in [7, 11) is 0. The highest BCUT2D eigenvalue weighted by Gasteiger charge is 2.38. The summed E-state index contributed by atoms with van der Waals surface area (Å²) in [5.74, 6) is -4.97. The summed E-state index contributed by atoms with van der Waals surface area (Å²) in [4.78, 5) is 50.7. The molecule has 1 aromatic heterocycles. The van der Waals surface area contributed by atoms with E-state index in [9.17, 15) is 32.7 Å². The Labute approximate surface area is 236 Å². The molecule has 0 bridgehead atoms. The van der Waals surface area contributed by atoms with Crippen molar-refractivity contribution < 1.29 is 43.0 Å². The second kappa shape index (κ2) is 15.6. The number of pyridine rings is 1. The molecular formula is C27H28F3N5O7. The zero-order chi connectivity index (χ0) is 31.3. The van der Waals surface area contributed by atoms with E-state index in [0.29, 0.717) is 0 Å². The lowest BCUT2D eigenvalue weighted by Crippen LogP contribution is -2.43. The Morgan fingerprint density at radius 1 is 0.929 bits per heavy atom. The van der Waals surface area contributed by atoms with Crippen molar-refractivity contribution in [3.8, 4) is 0 Å². The van der Waals surface area contributed by atoms with E-state index in [1.165, 1.54) is 10.6 Å². The van der Waals surface area contributed by atoms with E-state index in [2.05, 4.69) is 10.3 Å². The monoisotopic (exact) mass is 591 g/mol. The number of amides is 1. The zero-order valence-corrected chi connectivity index (χ0v) is 21.9. The Morgan fingerprint density at radius 2 is 1.45 bits per heavy atom. The Hall–Kier alpha value is -5.18. The first-order chi connectivity index (χ1) is 19.9. The molecule has 42 heavy (non-hydrogen) atoms. The van der Waals surface area contributed by atoms with E-state index in [0.717, 1.165) is 11.1 Å². The topological polar surface area (TPSA) is 196 Å². The molecule has 1 heterocycles. The molecule has 0 aliphatic carbocycles. The van der Waals surface area contributed by atoms with Crippen molar-refractivity contribution in [2.24, 2.45) is 10.7 Å². The molecule has 0 fully saturated rings. The highest BCUT2D eigenvalue weighted by Crippen LogP contribution is 2.25. The van der Waals surface area contributed by atoms with Crippen LogP contribution in [0.5, 0.6) is 0 Å². The van der Waals surface area contributed by atoms with E-state index < -0.39 is 41.7 Å². The molecule has 0 spiro atoms. The fourth-order valence-corrected chi connectivity index (χ4v) is 3.69. The van der Waals surface area contributed by atoms with E-state index in [4.69, 9.17) is 20.8 Å². The average molecular weight is 592 g/mol. The Bertz CT molecular complexity index is 1390. The van der Waals surface area contributed by atoms with Crippen LogP contribution in [-0.2, 0) is 9.59 Å². The molecule has 1 amide bonds. The predicted octanol–water partition coefficient (Wildman–Crippen LogP) is 2.38. The molecule has 0 saturated carbocycles. The summed E-state index contributed by atoms with van der Waals surface area (Å²) in [6.45, 7) is 0.146. The summed E-state index contributed by atoms with van der Waals surface area (Å²) in [5.41, 5.74) is 8.00. The summed E-state index contributed by atoms with van der Waals surface area (Å²) in [6, 6.07) is 20.1. The van der Waals surface area contributed by atoms with Gasteiger partial charge in [0.2, 0.25) is 5.96 Å². The van der Waals surface area contributed by atoms with Crippen LogP contribution in [0.4, 0.5) is 13.2 Å². The lowest BCUT2D eigenvalue weighted by Gasteiger charge is -2.22. The van der Waals surface area contributed by atoms with Gasteiger partial charge < -0.3 is 25.8 Å². The van der Waals surface area contributed by atoms with Crippen LogP contribution in [0.3, 0.4) is 0 Å². The quantitative estimate of drug-likeness (QED) is 0.0887. The Morgan fingerprint density at radius 3 is 1.90 bits per heavy atom. The first kappa shape index (κ1) is 33.0. The molecule has 0 radical (unpaired) electrons. The molecule has 224 valence electrons. The number of hydrogen-bond donors (Lipinski definition) is 6. The van der Waals surface area contributed by atoms with E-state index >= 15 is 0 Å². The number of carboxylic acid groups (broad SMARTS) is 2. The van der Waals surface area contributed by atoms with Crippen LogP contribution in [0.15, 0.2) is 88.8 Å². The van der Waals surface area contributed by atoms with Crippen LogP contribution in [-0.4, -0.2) is 62.6 Å². The van der Waals surface area contributed by atoms with Crippen molar-refractivity contribution in [1.29, 1.82) is 0 Å². The molecule has 0 aliphatic rings. The minimum atomic E-state index is -5.08. The van der Waals surface area contributed by atoms with Gasteiger partial charge in [0.25, 0.3) is 11.5 Å². The lowest BCUT2D eigenvalue weighted by molar-refractivity contribution is -0.192. The number of aliphatic imine (C=N–C) groups is 1. The third kappa shape index (κ3) is 9.78. The van der Waals surface area contributed by atoms with Gasteiger partial charge in [-0.3, -0.25) is 19.8 Å². The molecular weight excluding hydrogens is 563 g/mol. The number of nitrogens with two attached hydrogens (primary N) is 1. The molecule has 15 heteroatoms. The number of carbonyl (C=O) groups excluding carboxylic acids is 1. The van der Waals surface area contributed by atoms with E-state index in [1.807, 2.05) is 60.7 Å². The van der Waals surface area contributed by atoms with Gasteiger partial charge in [-0.2, -0.15) is 13.2 Å². The maximum atomic E-state index is 13.4. The van der Waals surface area contributed by atoms with Crippen molar-refractivity contribution in [2.45, 2.75) is 31.1 Å². The zero-order valence-electron chi connectivity index (χ0n) is 21.9. The highest BCUT2D eigenvalue weighted by molar-refractivity contribution is 5.96. The second-order valence-electron chi connectivity index (χ2n) is 8.55. The van der Waals surface area contributed by atoms with Gasteiger partial charge in [0.15, 0.2) is 0 Å². The SMILES string of the molecule is NC(=NCCC[C@H](NC(=O)c1cccn(C(c2ccccc2)c2ccccc2)c1=O)C(=O)O)NO.O=C(O)C(F)(F)F. The number of benzene rings is 2. The van der Waals surface area contributed by atoms with Crippen LogP contribution in [0, 0.1) is 0 Å². The van der Waals surface area contributed by atoms with Crippen molar-refractivity contribution in [1.82, 2.24) is 15.4 Å². The largest absolute Gasteiger partial charge is 0.490 e. The number of hydroxylamine groups is 1. The van der Waals surface area contributed by atoms with Gasteiger partial charge in [-0.25, -0.2) is 15.1 Å². The number of hydrogen-bond acceptors (Lipinski definition) is 6. The van der Waals surface area contributed by atoms with Crippen LogP contribution >= 0.6 is 0 Å². The summed E-state index contributed by atoms with van der Waals surface area (Å²) < 4.78 is 33.2. The first-order valence-corrected chi connectivity index (χ1v) is 12.2. The number of carboxylic acids is 2. The number of nitrogens with zero attached hydrogens (tertiary/aromatic N) is 2. The van der Waals surface area contributed by atoms with Crippen LogP contribution in [0.1, 0.15) is 40.4 Å². The molecule has 0 aliphatic heterocycles. The normalized spacial score (nSPS) is 12.1. The molecule has 7 N–H and O–H groups in total.